The Labute approximate surface area is 251 Å². The maximum absolute atomic E-state index is 14.6. The normalized spacial score (nSPS) is 17.5. The third kappa shape index (κ3) is 8.64. The van der Waals surface area contributed by atoms with E-state index >= 15 is 0 Å². The van der Waals surface area contributed by atoms with Gasteiger partial charge in [-0.05, 0) is 49.7 Å². The Morgan fingerprint density at radius 3 is 2.49 bits per heavy atom. The van der Waals surface area contributed by atoms with Gasteiger partial charge in [0.1, 0.15) is 18.5 Å². The zero-order chi connectivity index (χ0) is 28.4. The van der Waals surface area contributed by atoms with Gasteiger partial charge in [-0.3, -0.25) is 0 Å². The van der Waals surface area contributed by atoms with Crippen LogP contribution in [0.4, 0.5) is 28.9 Å². The van der Waals surface area contributed by atoms with E-state index in [1.165, 1.54) is 25.3 Å². The maximum atomic E-state index is 14.6. The van der Waals surface area contributed by atoms with Crippen LogP contribution in [0.25, 0.3) is 10.9 Å². The van der Waals surface area contributed by atoms with Crippen LogP contribution in [0.15, 0.2) is 47.4 Å². The summed E-state index contributed by atoms with van der Waals surface area (Å²) >= 11 is 0. The second-order valence-corrected chi connectivity index (χ2v) is 11.6. The van der Waals surface area contributed by atoms with Crippen molar-refractivity contribution in [3.8, 4) is 17.6 Å². The lowest BCUT2D eigenvalue weighted by molar-refractivity contribution is -0.140. The lowest BCUT2D eigenvalue weighted by atomic mass is 10.0. The lowest BCUT2D eigenvalue weighted by Gasteiger charge is -2.33. The van der Waals surface area contributed by atoms with Crippen molar-refractivity contribution in [2.45, 2.75) is 36.3 Å². The Morgan fingerprint density at radius 2 is 1.85 bits per heavy atom. The number of piperidine rings is 1. The highest BCUT2D eigenvalue weighted by molar-refractivity contribution is 7.90. The summed E-state index contributed by atoms with van der Waals surface area (Å²) < 4.78 is 85.1. The van der Waals surface area contributed by atoms with Crippen LogP contribution < -0.4 is 15.4 Å². The molecule has 0 bridgehead atoms. The smallest absolute Gasteiger partial charge is 0.406 e. The van der Waals surface area contributed by atoms with Gasteiger partial charge in [0.2, 0.25) is 0 Å². The number of rotatable bonds is 7. The number of methoxy groups -OCH3 is 1. The molecular formula is C27H34F4N4O3S3. The van der Waals surface area contributed by atoms with E-state index in [0.717, 1.165) is 10.8 Å². The van der Waals surface area contributed by atoms with Crippen molar-refractivity contribution in [2.75, 3.05) is 50.7 Å². The summed E-state index contributed by atoms with van der Waals surface area (Å²) in [6.45, 7) is -0.159. The monoisotopic (exact) mass is 634 g/mol. The summed E-state index contributed by atoms with van der Waals surface area (Å²) in [6, 6.07) is 10.5. The molecule has 226 valence electrons. The Kier molecular flexibility index (Phi) is 11.7. The number of hydrogen-bond acceptors (Lipinski definition) is 6. The summed E-state index contributed by atoms with van der Waals surface area (Å²) in [7, 11) is -0.176. The van der Waals surface area contributed by atoms with Gasteiger partial charge in [-0.25, -0.2) is 12.8 Å². The fourth-order valence-electron chi connectivity index (χ4n) is 4.60. The van der Waals surface area contributed by atoms with E-state index in [1.807, 2.05) is 11.9 Å². The highest BCUT2D eigenvalue weighted by Crippen LogP contribution is 2.32. The number of benzene rings is 2. The lowest BCUT2D eigenvalue weighted by Crippen LogP contribution is -2.46. The van der Waals surface area contributed by atoms with Gasteiger partial charge in [0, 0.05) is 36.5 Å². The Bertz CT molecular complexity index is 1520. The molecule has 1 aromatic heterocycles. The first kappa shape index (κ1) is 34.5. The predicted molar refractivity (Wildman–Crippen MR) is 165 cm³/mol. The van der Waals surface area contributed by atoms with E-state index in [1.54, 1.807) is 24.3 Å². The average molecular weight is 635 g/mol. The highest BCUT2D eigenvalue weighted by Gasteiger charge is 2.31. The first-order chi connectivity index (χ1) is 18.4. The number of ether oxygens (including phenoxy) is 1. The summed E-state index contributed by atoms with van der Waals surface area (Å²) in [5.74, 6) is 5.95. The number of alkyl halides is 4. The zero-order valence-corrected chi connectivity index (χ0v) is 25.6. The molecule has 1 saturated heterocycles. The van der Waals surface area contributed by atoms with Crippen molar-refractivity contribution in [2.24, 2.45) is 0 Å². The van der Waals surface area contributed by atoms with Crippen LogP contribution in [0.5, 0.6) is 5.75 Å². The minimum Gasteiger partial charge on any atom is -0.495 e. The second kappa shape index (κ2) is 14.0. The second-order valence-electron chi connectivity index (χ2n) is 9.58. The van der Waals surface area contributed by atoms with Gasteiger partial charge in [0.25, 0.3) is 0 Å². The van der Waals surface area contributed by atoms with Gasteiger partial charge in [-0.15, -0.1) is 0 Å². The largest absolute Gasteiger partial charge is 0.495 e. The third-order valence-electron chi connectivity index (χ3n) is 6.55. The van der Waals surface area contributed by atoms with Gasteiger partial charge in [-0.1, -0.05) is 12.0 Å². The Balaban J connectivity index is 0.00000294. The predicted octanol–water partition coefficient (Wildman–Crippen LogP) is 4.76. The van der Waals surface area contributed by atoms with Crippen LogP contribution in [0.1, 0.15) is 12.1 Å². The molecule has 1 fully saturated rings. The maximum Gasteiger partial charge on any atom is 0.406 e. The minimum atomic E-state index is -4.48. The van der Waals surface area contributed by atoms with Crippen molar-refractivity contribution in [1.29, 1.82) is 0 Å². The molecule has 4 rings (SSSR count). The fourth-order valence-corrected chi connectivity index (χ4v) is 5.24. The average Bonchev–Trinajstić information content (AvgIpc) is 3.19. The molecule has 1 aliphatic heterocycles. The van der Waals surface area contributed by atoms with E-state index < -0.39 is 34.8 Å². The summed E-state index contributed by atoms with van der Waals surface area (Å²) in [5, 5.41) is 6.74. The number of nitrogens with zero attached hydrogens (tertiary/aromatic N) is 2. The first-order valence-corrected chi connectivity index (χ1v) is 14.1. The van der Waals surface area contributed by atoms with Crippen molar-refractivity contribution < 1.29 is 30.7 Å². The topological polar surface area (TPSA) is 75.6 Å². The van der Waals surface area contributed by atoms with Crippen molar-refractivity contribution in [1.82, 2.24) is 9.47 Å². The standard InChI is InChI=1S/C27H30F4N4O3S.2H2S/c1-34-13-11-23(21(28)16-34)33-22-7-4-8-25-20(22)14-18(35(25)17-27(29,30)31)6-5-12-32-24-10-9-19(39(3,36)37)15-26(24)38-2;;/h4,7-10,14-15,21,23,32-33H,11-13,16-17H2,1-3H3;2*1H2/t21-,23-;;/m0../s1. The van der Waals surface area contributed by atoms with E-state index in [0.29, 0.717) is 41.0 Å². The van der Waals surface area contributed by atoms with Gasteiger partial charge in [0.15, 0.2) is 9.84 Å². The number of likely N-dealkylation sites (tertiary alicyclic amines) is 1. The fraction of sp³-hybridized carbons (Fsp3) is 0.407. The number of nitrogens with one attached hydrogen (secondary N) is 2. The van der Waals surface area contributed by atoms with Gasteiger partial charge >= 0.3 is 6.18 Å². The third-order valence-corrected chi connectivity index (χ3v) is 7.66. The van der Waals surface area contributed by atoms with Crippen LogP contribution in [0, 0.1) is 11.8 Å². The Morgan fingerprint density at radius 1 is 1.12 bits per heavy atom. The number of hydrogen-bond donors (Lipinski definition) is 2. The van der Waals surface area contributed by atoms with Gasteiger partial charge in [0.05, 0.1) is 41.5 Å². The number of halogens is 4. The number of aromatic nitrogens is 1. The molecule has 0 unspecified atom stereocenters. The van der Waals surface area contributed by atoms with E-state index in [-0.39, 0.29) is 50.7 Å². The summed E-state index contributed by atoms with van der Waals surface area (Å²) in [6.07, 6.45) is -3.92. The molecule has 2 heterocycles. The van der Waals surface area contributed by atoms with Gasteiger partial charge < -0.3 is 24.8 Å². The molecule has 0 aliphatic carbocycles. The molecule has 2 atom stereocenters. The number of anilines is 2. The minimum absolute atomic E-state index is 0. The van der Waals surface area contributed by atoms with Crippen molar-refractivity contribution >= 4 is 59.1 Å². The molecule has 0 saturated carbocycles. The SMILES string of the molecule is COc1cc(S(C)(=O)=O)ccc1NCC#Cc1cc2c(N[C@H]3CCN(C)C[C@@H]3F)cccc2n1CC(F)(F)F.S.S. The van der Waals surface area contributed by atoms with Crippen LogP contribution in [0.3, 0.4) is 0 Å². The molecule has 3 aromatic rings. The van der Waals surface area contributed by atoms with E-state index in [9.17, 15) is 26.0 Å². The molecule has 2 N–H and O–H groups in total. The molecule has 41 heavy (non-hydrogen) atoms. The van der Waals surface area contributed by atoms with Crippen LogP contribution >= 0.6 is 27.0 Å². The summed E-state index contributed by atoms with van der Waals surface area (Å²) in [5.41, 5.74) is 1.55. The molecule has 0 amide bonds. The number of sulfone groups is 1. The molecule has 7 nitrogen and oxygen atoms in total. The molecule has 14 heteroatoms. The zero-order valence-electron chi connectivity index (χ0n) is 22.8. The van der Waals surface area contributed by atoms with Gasteiger partial charge in [-0.2, -0.15) is 40.2 Å². The van der Waals surface area contributed by atoms with Crippen LogP contribution in [-0.2, 0) is 16.4 Å². The molecule has 0 spiro atoms. The van der Waals surface area contributed by atoms with E-state index in [2.05, 4.69) is 22.5 Å². The quantitative estimate of drug-likeness (QED) is 0.289. The number of fused-ring (bicyclic) bond motifs is 1. The van der Waals surface area contributed by atoms with Crippen LogP contribution in [-0.4, -0.2) is 76.3 Å². The van der Waals surface area contributed by atoms with Crippen LogP contribution in [0.2, 0.25) is 0 Å². The first-order valence-electron chi connectivity index (χ1n) is 12.2. The van der Waals surface area contributed by atoms with Crippen molar-refractivity contribution in [3.63, 3.8) is 0 Å². The molecule has 2 aromatic carbocycles. The summed E-state index contributed by atoms with van der Waals surface area (Å²) in [4.78, 5) is 2.00. The molecule has 1 aliphatic rings. The molecular weight excluding hydrogens is 601 g/mol. The van der Waals surface area contributed by atoms with Crippen molar-refractivity contribution in [3.05, 3.63) is 48.2 Å². The highest BCUT2D eigenvalue weighted by atomic mass is 32.2. The Hall–Kier alpha value is -2.73. The van der Waals surface area contributed by atoms with E-state index in [4.69, 9.17) is 4.74 Å². The molecule has 0 radical (unpaired) electrons.